The minimum atomic E-state index is 0.880. The maximum atomic E-state index is 4.77. The molecule has 0 N–H and O–H groups in total. The third-order valence-electron chi connectivity index (χ3n) is 8.03. The number of benzene rings is 6. The van der Waals surface area contributed by atoms with Crippen molar-refractivity contribution in [1.82, 2.24) is 4.98 Å². The first-order valence-corrected chi connectivity index (χ1v) is 14.0. The summed E-state index contributed by atoms with van der Waals surface area (Å²) in [5.74, 6) is 0.880. The van der Waals surface area contributed by atoms with Gasteiger partial charge in [0.25, 0.3) is 0 Å². The Morgan fingerprint density at radius 2 is 1.02 bits per heavy atom. The molecule has 6 aromatic carbocycles. The van der Waals surface area contributed by atoms with Gasteiger partial charge in [-0.2, -0.15) is 0 Å². The molecular weight excluding hydrogens is 496 g/mol. The predicted octanol–water partition coefficient (Wildman–Crippen LogP) is 10.7. The molecule has 0 aliphatic heterocycles. The lowest BCUT2D eigenvalue weighted by atomic mass is 9.92. The van der Waals surface area contributed by atoms with Crippen LogP contribution in [-0.4, -0.2) is 4.98 Å². The van der Waals surface area contributed by atoms with E-state index in [1.807, 2.05) is 18.3 Å². The second kappa shape index (κ2) is 9.62. The van der Waals surface area contributed by atoms with Crippen molar-refractivity contribution in [2.24, 2.45) is 0 Å². The summed E-state index contributed by atoms with van der Waals surface area (Å²) in [4.78, 5) is 7.01. The summed E-state index contributed by atoms with van der Waals surface area (Å²) in [7, 11) is 0. The van der Waals surface area contributed by atoms with Gasteiger partial charge in [-0.25, -0.2) is 4.98 Å². The third-order valence-corrected chi connectivity index (χ3v) is 8.03. The van der Waals surface area contributed by atoms with Crippen LogP contribution in [0.4, 0.5) is 17.2 Å². The summed E-state index contributed by atoms with van der Waals surface area (Å²) < 4.78 is 0. The number of aromatic nitrogens is 1. The molecule has 1 aliphatic carbocycles. The number of para-hydroxylation sites is 1. The predicted molar refractivity (Wildman–Crippen MR) is 172 cm³/mol. The highest BCUT2D eigenvalue weighted by molar-refractivity contribution is 6.18. The van der Waals surface area contributed by atoms with Crippen molar-refractivity contribution >= 4 is 28.0 Å². The molecule has 0 spiro atoms. The number of pyridine rings is 1. The molecule has 1 aliphatic rings. The summed E-state index contributed by atoms with van der Waals surface area (Å²) in [6, 6.07) is 54.2. The van der Waals surface area contributed by atoms with Gasteiger partial charge in [0.1, 0.15) is 5.82 Å². The first-order chi connectivity index (χ1) is 20.3. The van der Waals surface area contributed by atoms with Crippen LogP contribution in [0.25, 0.3) is 55.3 Å². The molecule has 0 saturated heterocycles. The van der Waals surface area contributed by atoms with Crippen LogP contribution in [-0.2, 0) is 0 Å². The molecule has 0 saturated carbocycles. The van der Waals surface area contributed by atoms with E-state index in [0.29, 0.717) is 0 Å². The van der Waals surface area contributed by atoms with Crippen molar-refractivity contribution in [3.8, 4) is 44.5 Å². The Morgan fingerprint density at radius 1 is 0.390 bits per heavy atom. The van der Waals surface area contributed by atoms with Gasteiger partial charge < -0.3 is 0 Å². The zero-order valence-electron chi connectivity index (χ0n) is 22.4. The highest BCUT2D eigenvalue weighted by Crippen LogP contribution is 2.50. The number of hydrogen-bond donors (Lipinski definition) is 0. The molecule has 0 radical (unpaired) electrons. The van der Waals surface area contributed by atoms with E-state index in [0.717, 1.165) is 17.2 Å². The van der Waals surface area contributed by atoms with Gasteiger partial charge in [0.05, 0.1) is 0 Å². The van der Waals surface area contributed by atoms with Gasteiger partial charge in [-0.05, 0) is 97.7 Å². The molecule has 0 bridgehead atoms. The Labute approximate surface area is 239 Å². The minimum absolute atomic E-state index is 0.880. The van der Waals surface area contributed by atoms with E-state index in [2.05, 4.69) is 144 Å². The van der Waals surface area contributed by atoms with Gasteiger partial charge >= 0.3 is 0 Å². The van der Waals surface area contributed by atoms with E-state index in [1.165, 1.54) is 55.3 Å². The fourth-order valence-electron chi connectivity index (χ4n) is 6.23. The monoisotopic (exact) mass is 522 g/mol. The molecule has 2 heteroatoms. The topological polar surface area (TPSA) is 16.1 Å². The van der Waals surface area contributed by atoms with Crippen LogP contribution >= 0.6 is 0 Å². The smallest absolute Gasteiger partial charge is 0.137 e. The summed E-state index contributed by atoms with van der Waals surface area (Å²) in [6.07, 6.45) is 1.86. The number of anilines is 3. The van der Waals surface area contributed by atoms with Gasteiger partial charge in [0, 0.05) is 17.6 Å². The lowest BCUT2D eigenvalue weighted by Gasteiger charge is -2.26. The third kappa shape index (κ3) is 3.92. The van der Waals surface area contributed by atoms with E-state index >= 15 is 0 Å². The lowest BCUT2D eigenvalue weighted by Crippen LogP contribution is -2.11. The van der Waals surface area contributed by atoms with E-state index < -0.39 is 0 Å². The van der Waals surface area contributed by atoms with Crippen molar-refractivity contribution in [2.45, 2.75) is 0 Å². The van der Waals surface area contributed by atoms with E-state index in [1.54, 1.807) is 0 Å². The Bertz CT molecular complexity index is 1960. The van der Waals surface area contributed by atoms with Gasteiger partial charge in [-0.1, -0.05) is 109 Å². The van der Waals surface area contributed by atoms with Crippen LogP contribution in [0.15, 0.2) is 158 Å². The van der Waals surface area contributed by atoms with Crippen molar-refractivity contribution in [2.75, 3.05) is 4.90 Å². The lowest BCUT2D eigenvalue weighted by molar-refractivity contribution is 1.18. The molecule has 7 aromatic rings. The minimum Gasteiger partial charge on any atom is -0.295 e. The average Bonchev–Trinajstić information content (AvgIpc) is 3.38. The van der Waals surface area contributed by atoms with Crippen LogP contribution in [0.2, 0.25) is 0 Å². The fraction of sp³-hybridized carbons (Fsp3) is 0. The number of fused-ring (bicyclic) bond motifs is 3. The standard InChI is InChI=1S/C39H26N2/c1-3-12-27(13-4-1)28-24-29(26-31(25-28)41(30-14-5-2-6-15-30)38-20-9-10-23-40-38)32-21-22-37-34-17-8-7-16-33(34)36-19-11-18-35(32)39(36)37/h1-26H. The molecular formula is C39H26N2. The molecule has 0 unspecified atom stereocenters. The molecule has 41 heavy (non-hydrogen) atoms. The van der Waals surface area contributed by atoms with Crippen LogP contribution < -0.4 is 4.90 Å². The quantitative estimate of drug-likeness (QED) is 0.223. The number of hydrogen-bond acceptors (Lipinski definition) is 2. The second-order valence-corrected chi connectivity index (χ2v) is 10.4. The normalized spacial score (nSPS) is 11.4. The largest absolute Gasteiger partial charge is 0.295 e. The first kappa shape index (κ1) is 23.4. The Balaban J connectivity index is 1.39. The Kier molecular flexibility index (Phi) is 5.49. The second-order valence-electron chi connectivity index (χ2n) is 10.4. The fourth-order valence-corrected chi connectivity index (χ4v) is 6.23. The van der Waals surface area contributed by atoms with Crippen molar-refractivity contribution in [3.63, 3.8) is 0 Å². The molecule has 192 valence electrons. The van der Waals surface area contributed by atoms with Crippen LogP contribution in [0.1, 0.15) is 0 Å². The number of rotatable bonds is 5. The molecule has 1 aromatic heterocycles. The molecule has 0 amide bonds. The van der Waals surface area contributed by atoms with Gasteiger partial charge in [0.2, 0.25) is 0 Å². The zero-order chi connectivity index (χ0) is 27.2. The maximum Gasteiger partial charge on any atom is 0.137 e. The van der Waals surface area contributed by atoms with Crippen LogP contribution in [0, 0.1) is 0 Å². The van der Waals surface area contributed by atoms with Crippen molar-refractivity contribution in [1.29, 1.82) is 0 Å². The number of nitrogens with zero attached hydrogens (tertiary/aromatic N) is 2. The highest BCUT2D eigenvalue weighted by atomic mass is 15.2. The summed E-state index contributed by atoms with van der Waals surface area (Å²) in [5.41, 5.74) is 12.1. The van der Waals surface area contributed by atoms with Crippen molar-refractivity contribution in [3.05, 3.63) is 158 Å². The van der Waals surface area contributed by atoms with E-state index in [9.17, 15) is 0 Å². The van der Waals surface area contributed by atoms with Crippen molar-refractivity contribution < 1.29 is 0 Å². The van der Waals surface area contributed by atoms with Gasteiger partial charge in [-0.3, -0.25) is 4.90 Å². The maximum absolute atomic E-state index is 4.77. The summed E-state index contributed by atoms with van der Waals surface area (Å²) >= 11 is 0. The van der Waals surface area contributed by atoms with Crippen LogP contribution in [0.3, 0.4) is 0 Å². The average molecular weight is 523 g/mol. The van der Waals surface area contributed by atoms with E-state index in [4.69, 9.17) is 4.98 Å². The molecule has 0 fully saturated rings. The molecule has 1 heterocycles. The van der Waals surface area contributed by atoms with Gasteiger partial charge in [-0.15, -0.1) is 0 Å². The summed E-state index contributed by atoms with van der Waals surface area (Å²) in [6.45, 7) is 0. The molecule has 2 nitrogen and oxygen atoms in total. The SMILES string of the molecule is c1ccc(-c2cc(-c3ccc4c5c(cccc35)-c3ccccc3-4)cc(N(c3ccccc3)c3ccccn3)c2)cc1. The first-order valence-electron chi connectivity index (χ1n) is 14.0. The Morgan fingerprint density at radius 3 is 1.78 bits per heavy atom. The molecule has 8 rings (SSSR count). The van der Waals surface area contributed by atoms with Crippen LogP contribution in [0.5, 0.6) is 0 Å². The Hall–Kier alpha value is -5.47. The van der Waals surface area contributed by atoms with Gasteiger partial charge in [0.15, 0.2) is 0 Å². The van der Waals surface area contributed by atoms with E-state index in [-0.39, 0.29) is 0 Å². The molecule has 0 atom stereocenters. The highest BCUT2D eigenvalue weighted by Gasteiger charge is 2.23. The zero-order valence-corrected chi connectivity index (χ0v) is 22.4. The summed E-state index contributed by atoms with van der Waals surface area (Å²) in [5, 5.41) is 2.61.